The van der Waals surface area contributed by atoms with Crippen molar-refractivity contribution in [2.75, 3.05) is 0 Å². The SMILES string of the molecule is CCC(=O)O[C@H](C)OC(=O)N[C@@](C)(CC(=O)O)C[C@@H](C)CC. The third-order valence-corrected chi connectivity index (χ3v) is 3.30. The van der Waals surface area contributed by atoms with E-state index in [1.54, 1.807) is 13.8 Å². The number of hydrogen-bond acceptors (Lipinski definition) is 5. The normalized spacial score (nSPS) is 16.0. The molecule has 0 unspecified atom stereocenters. The molecule has 0 saturated heterocycles. The van der Waals surface area contributed by atoms with Crippen molar-refractivity contribution in [3.63, 3.8) is 0 Å². The van der Waals surface area contributed by atoms with Crippen LogP contribution in [-0.4, -0.2) is 35.0 Å². The van der Waals surface area contributed by atoms with Gasteiger partial charge in [-0.25, -0.2) is 4.79 Å². The molecular weight excluding hydrogens is 290 g/mol. The van der Waals surface area contributed by atoms with E-state index in [0.717, 1.165) is 6.42 Å². The Kier molecular flexibility index (Phi) is 8.52. The third-order valence-electron chi connectivity index (χ3n) is 3.30. The molecule has 7 heteroatoms. The van der Waals surface area contributed by atoms with Gasteiger partial charge in [-0.3, -0.25) is 9.59 Å². The molecule has 0 heterocycles. The predicted octanol–water partition coefficient (Wildman–Crippen LogP) is 2.68. The number of carboxylic acid groups (broad SMARTS) is 1. The van der Waals surface area contributed by atoms with Gasteiger partial charge in [0.15, 0.2) is 0 Å². The maximum atomic E-state index is 11.9. The lowest BCUT2D eigenvalue weighted by molar-refractivity contribution is -0.164. The zero-order valence-electron chi connectivity index (χ0n) is 14.0. The lowest BCUT2D eigenvalue weighted by atomic mass is 9.86. The highest BCUT2D eigenvalue weighted by atomic mass is 16.7. The van der Waals surface area contributed by atoms with E-state index in [2.05, 4.69) is 5.32 Å². The van der Waals surface area contributed by atoms with Gasteiger partial charge < -0.3 is 19.9 Å². The predicted molar refractivity (Wildman–Crippen MR) is 80.2 cm³/mol. The van der Waals surface area contributed by atoms with Crippen LogP contribution < -0.4 is 5.32 Å². The Bertz CT molecular complexity index is 397. The van der Waals surface area contributed by atoms with Crippen LogP contribution in [0.1, 0.15) is 60.3 Å². The molecule has 3 atom stereocenters. The van der Waals surface area contributed by atoms with Gasteiger partial charge in [0.2, 0.25) is 6.29 Å². The number of carboxylic acids is 1. The Balaban J connectivity index is 4.67. The highest BCUT2D eigenvalue weighted by Crippen LogP contribution is 2.23. The fourth-order valence-corrected chi connectivity index (χ4v) is 2.13. The molecule has 0 aromatic carbocycles. The summed E-state index contributed by atoms with van der Waals surface area (Å²) in [7, 11) is 0. The Morgan fingerprint density at radius 3 is 2.23 bits per heavy atom. The summed E-state index contributed by atoms with van der Waals surface area (Å²) in [5.74, 6) is -1.23. The number of carbonyl (C=O) groups excluding carboxylic acids is 2. The number of esters is 1. The van der Waals surface area contributed by atoms with Gasteiger partial charge in [0.05, 0.1) is 12.0 Å². The first-order valence-corrected chi connectivity index (χ1v) is 7.52. The van der Waals surface area contributed by atoms with E-state index in [0.29, 0.717) is 6.42 Å². The Hall–Kier alpha value is -1.79. The van der Waals surface area contributed by atoms with Crippen molar-refractivity contribution in [3.05, 3.63) is 0 Å². The van der Waals surface area contributed by atoms with Crippen LogP contribution in [0.25, 0.3) is 0 Å². The summed E-state index contributed by atoms with van der Waals surface area (Å²) < 4.78 is 9.76. The average molecular weight is 317 g/mol. The van der Waals surface area contributed by atoms with Gasteiger partial charge in [-0.2, -0.15) is 0 Å². The van der Waals surface area contributed by atoms with Gasteiger partial charge in [-0.05, 0) is 19.3 Å². The van der Waals surface area contributed by atoms with Crippen LogP contribution >= 0.6 is 0 Å². The number of alkyl carbamates (subject to hydrolysis) is 1. The first-order valence-electron chi connectivity index (χ1n) is 7.52. The van der Waals surface area contributed by atoms with Crippen LogP contribution in [0.2, 0.25) is 0 Å². The molecule has 0 aromatic rings. The van der Waals surface area contributed by atoms with Crippen molar-refractivity contribution in [1.82, 2.24) is 5.32 Å². The quantitative estimate of drug-likeness (QED) is 0.501. The second-order valence-electron chi connectivity index (χ2n) is 5.79. The van der Waals surface area contributed by atoms with Gasteiger partial charge in [0, 0.05) is 13.3 Å². The van der Waals surface area contributed by atoms with Gasteiger partial charge >= 0.3 is 18.0 Å². The number of hydrogen-bond donors (Lipinski definition) is 2. The van der Waals surface area contributed by atoms with Crippen LogP contribution in [0, 0.1) is 5.92 Å². The van der Waals surface area contributed by atoms with E-state index in [9.17, 15) is 14.4 Å². The first kappa shape index (κ1) is 20.2. The monoisotopic (exact) mass is 317 g/mol. The van der Waals surface area contributed by atoms with Crippen LogP contribution in [0.5, 0.6) is 0 Å². The molecule has 0 aromatic heterocycles. The molecule has 0 aliphatic heterocycles. The summed E-state index contributed by atoms with van der Waals surface area (Å²) in [6, 6.07) is 0. The molecule has 0 rings (SSSR count). The van der Waals surface area contributed by atoms with Gasteiger partial charge in [0.25, 0.3) is 0 Å². The summed E-state index contributed by atoms with van der Waals surface area (Å²) in [5.41, 5.74) is -0.924. The van der Waals surface area contributed by atoms with Crippen LogP contribution in [0.4, 0.5) is 4.79 Å². The summed E-state index contributed by atoms with van der Waals surface area (Å²) in [6.45, 7) is 8.70. The second-order valence-corrected chi connectivity index (χ2v) is 5.79. The molecule has 0 aliphatic rings. The molecule has 22 heavy (non-hydrogen) atoms. The molecule has 0 aliphatic carbocycles. The smallest absolute Gasteiger partial charge is 0.410 e. The first-order chi connectivity index (χ1) is 10.1. The van der Waals surface area contributed by atoms with Crippen molar-refractivity contribution in [1.29, 1.82) is 0 Å². The minimum absolute atomic E-state index is 0.181. The maximum Gasteiger partial charge on any atom is 0.410 e. The fourth-order valence-electron chi connectivity index (χ4n) is 2.13. The summed E-state index contributed by atoms with van der Waals surface area (Å²) in [5, 5.41) is 11.6. The topological polar surface area (TPSA) is 102 Å². The largest absolute Gasteiger partial charge is 0.481 e. The summed E-state index contributed by atoms with van der Waals surface area (Å²) >= 11 is 0. The zero-order chi connectivity index (χ0) is 17.3. The van der Waals surface area contributed by atoms with E-state index in [-0.39, 0.29) is 18.8 Å². The molecule has 1 amide bonds. The molecule has 0 saturated carbocycles. The van der Waals surface area contributed by atoms with E-state index in [1.165, 1.54) is 6.92 Å². The van der Waals surface area contributed by atoms with Gasteiger partial charge in [0.1, 0.15) is 0 Å². The Labute approximate surface area is 131 Å². The highest BCUT2D eigenvalue weighted by Gasteiger charge is 2.32. The fraction of sp³-hybridized carbons (Fsp3) is 0.800. The minimum Gasteiger partial charge on any atom is -0.481 e. The molecule has 0 spiro atoms. The number of carbonyl (C=O) groups is 3. The Morgan fingerprint density at radius 1 is 1.18 bits per heavy atom. The van der Waals surface area contributed by atoms with Crippen LogP contribution in [-0.2, 0) is 19.1 Å². The van der Waals surface area contributed by atoms with E-state index >= 15 is 0 Å². The third kappa shape index (κ3) is 8.49. The van der Waals surface area contributed by atoms with E-state index < -0.39 is 29.9 Å². The highest BCUT2D eigenvalue weighted by molar-refractivity contribution is 5.73. The molecule has 0 fully saturated rings. The van der Waals surface area contributed by atoms with Crippen molar-refractivity contribution in [3.8, 4) is 0 Å². The minimum atomic E-state index is -1.02. The lowest BCUT2D eigenvalue weighted by Gasteiger charge is -2.31. The lowest BCUT2D eigenvalue weighted by Crippen LogP contribution is -2.49. The molecule has 128 valence electrons. The average Bonchev–Trinajstić information content (AvgIpc) is 2.35. The summed E-state index contributed by atoms with van der Waals surface area (Å²) in [6.07, 6.45) is -0.478. The second kappa shape index (κ2) is 9.27. The van der Waals surface area contributed by atoms with Crippen molar-refractivity contribution < 1.29 is 29.0 Å². The molecular formula is C15H27NO6. The van der Waals surface area contributed by atoms with E-state index in [1.807, 2.05) is 13.8 Å². The summed E-state index contributed by atoms with van der Waals surface area (Å²) in [4.78, 5) is 34.0. The maximum absolute atomic E-state index is 11.9. The number of rotatable bonds is 9. The molecule has 0 bridgehead atoms. The molecule has 7 nitrogen and oxygen atoms in total. The molecule has 0 radical (unpaired) electrons. The number of nitrogens with one attached hydrogen (secondary N) is 1. The standard InChI is InChI=1S/C15H27NO6/c1-6-10(3)8-15(5,9-12(17)18)16-14(20)22-11(4)21-13(19)7-2/h10-11H,6-9H2,1-5H3,(H,16,20)(H,17,18)/t10-,11-,15+/m0/s1. The molecule has 2 N–H and O–H groups in total. The van der Waals surface area contributed by atoms with Gasteiger partial charge in [-0.1, -0.05) is 27.2 Å². The zero-order valence-corrected chi connectivity index (χ0v) is 14.0. The van der Waals surface area contributed by atoms with Crippen LogP contribution in [0.15, 0.2) is 0 Å². The number of amides is 1. The van der Waals surface area contributed by atoms with Crippen molar-refractivity contribution in [2.45, 2.75) is 72.1 Å². The van der Waals surface area contributed by atoms with Crippen molar-refractivity contribution in [2.24, 2.45) is 5.92 Å². The van der Waals surface area contributed by atoms with Gasteiger partial charge in [-0.15, -0.1) is 0 Å². The van der Waals surface area contributed by atoms with E-state index in [4.69, 9.17) is 14.6 Å². The number of aliphatic carboxylic acids is 1. The van der Waals surface area contributed by atoms with Crippen molar-refractivity contribution >= 4 is 18.0 Å². The van der Waals surface area contributed by atoms with Crippen LogP contribution in [0.3, 0.4) is 0 Å². The Morgan fingerprint density at radius 2 is 1.77 bits per heavy atom. The number of ether oxygens (including phenoxy) is 2.